The van der Waals surface area contributed by atoms with Crippen LogP contribution in [0.1, 0.15) is 25.8 Å². The van der Waals surface area contributed by atoms with Crippen LogP contribution in [0.4, 0.5) is 0 Å². The first-order valence-electron chi connectivity index (χ1n) is 6.83. The number of amides is 1. The molecule has 0 aromatic heterocycles. The number of hydrogen-bond donors (Lipinski definition) is 1. The zero-order valence-electron chi connectivity index (χ0n) is 11.5. The van der Waals surface area contributed by atoms with E-state index in [4.69, 9.17) is 0 Å². The largest absolute Gasteiger partial charge is 0.340 e. The number of benzene rings is 1. The first-order valence-corrected chi connectivity index (χ1v) is 7.62. The Morgan fingerprint density at radius 2 is 2.05 bits per heavy atom. The van der Waals surface area contributed by atoms with Crippen molar-refractivity contribution in [3.63, 3.8) is 0 Å². The van der Waals surface area contributed by atoms with Crippen LogP contribution in [0.25, 0.3) is 0 Å². The van der Waals surface area contributed by atoms with Gasteiger partial charge in [-0.2, -0.15) is 0 Å². The molecule has 2 atom stereocenters. The highest BCUT2D eigenvalue weighted by Gasteiger charge is 2.24. The van der Waals surface area contributed by atoms with Crippen molar-refractivity contribution in [3.05, 3.63) is 34.3 Å². The van der Waals surface area contributed by atoms with Gasteiger partial charge in [0.15, 0.2) is 0 Å². The highest BCUT2D eigenvalue weighted by molar-refractivity contribution is 9.10. The molecular weight excluding hydrogens is 304 g/mol. The zero-order chi connectivity index (χ0) is 13.8. The first-order chi connectivity index (χ1) is 9.04. The van der Waals surface area contributed by atoms with Gasteiger partial charge in [0.25, 0.3) is 0 Å². The minimum Gasteiger partial charge on any atom is -0.340 e. The number of nitrogens with zero attached hydrogens (tertiary/aromatic N) is 1. The van der Waals surface area contributed by atoms with Gasteiger partial charge < -0.3 is 10.2 Å². The quantitative estimate of drug-likeness (QED) is 0.926. The molecule has 104 valence electrons. The van der Waals surface area contributed by atoms with E-state index >= 15 is 0 Å². The van der Waals surface area contributed by atoms with Crippen molar-refractivity contribution in [1.82, 2.24) is 10.2 Å². The predicted molar refractivity (Wildman–Crippen MR) is 81.1 cm³/mol. The molecule has 1 amide bonds. The summed E-state index contributed by atoms with van der Waals surface area (Å²) in [7, 11) is 0. The van der Waals surface area contributed by atoms with E-state index in [-0.39, 0.29) is 5.91 Å². The molecule has 1 heterocycles. The number of piperazine rings is 1. The molecular formula is C15H21BrN2O. The van der Waals surface area contributed by atoms with Gasteiger partial charge in [-0.15, -0.1) is 0 Å². The number of rotatable bonds is 3. The van der Waals surface area contributed by atoms with Gasteiger partial charge in [0.05, 0.1) is 0 Å². The van der Waals surface area contributed by atoms with Crippen LogP contribution in [0.2, 0.25) is 0 Å². The van der Waals surface area contributed by atoms with Crippen molar-refractivity contribution in [2.75, 3.05) is 13.1 Å². The van der Waals surface area contributed by atoms with Gasteiger partial charge in [-0.3, -0.25) is 4.79 Å². The summed E-state index contributed by atoms with van der Waals surface area (Å²) in [6.45, 7) is 5.90. The summed E-state index contributed by atoms with van der Waals surface area (Å²) in [4.78, 5) is 14.2. The molecule has 0 unspecified atom stereocenters. The fourth-order valence-corrected chi connectivity index (χ4v) is 3.08. The Morgan fingerprint density at radius 1 is 1.37 bits per heavy atom. The molecule has 1 aliphatic rings. The van der Waals surface area contributed by atoms with Crippen LogP contribution in [0.15, 0.2) is 28.7 Å². The van der Waals surface area contributed by atoms with Crippen LogP contribution in [-0.4, -0.2) is 36.0 Å². The van der Waals surface area contributed by atoms with E-state index in [1.54, 1.807) is 0 Å². The van der Waals surface area contributed by atoms with Gasteiger partial charge in [-0.1, -0.05) is 28.1 Å². The van der Waals surface area contributed by atoms with Crippen LogP contribution >= 0.6 is 15.9 Å². The third-order valence-electron chi connectivity index (χ3n) is 3.43. The van der Waals surface area contributed by atoms with Crippen LogP contribution in [-0.2, 0) is 11.2 Å². The second kappa shape index (κ2) is 6.53. The molecule has 0 bridgehead atoms. The molecule has 4 heteroatoms. The maximum atomic E-state index is 12.2. The van der Waals surface area contributed by atoms with E-state index < -0.39 is 0 Å². The summed E-state index contributed by atoms with van der Waals surface area (Å²) >= 11 is 3.46. The average Bonchev–Trinajstić information content (AvgIpc) is 2.35. The molecule has 0 saturated carbocycles. The van der Waals surface area contributed by atoms with Crippen molar-refractivity contribution in [3.8, 4) is 0 Å². The number of hydrogen-bond acceptors (Lipinski definition) is 2. The normalized spacial score (nSPS) is 23.4. The molecule has 19 heavy (non-hydrogen) atoms. The van der Waals surface area contributed by atoms with Crippen molar-refractivity contribution < 1.29 is 4.79 Å². The molecule has 0 spiro atoms. The Bertz CT molecular complexity index is 440. The van der Waals surface area contributed by atoms with Crippen molar-refractivity contribution in [1.29, 1.82) is 0 Å². The van der Waals surface area contributed by atoms with Crippen molar-refractivity contribution in [2.45, 2.75) is 38.8 Å². The van der Waals surface area contributed by atoms with Gasteiger partial charge in [-0.25, -0.2) is 0 Å². The second-order valence-corrected chi connectivity index (χ2v) is 6.31. The number of carbonyl (C=O) groups is 1. The summed E-state index contributed by atoms with van der Waals surface area (Å²) in [5, 5.41) is 3.45. The molecule has 1 fully saturated rings. The molecule has 3 nitrogen and oxygen atoms in total. The Labute approximate surface area is 123 Å². The van der Waals surface area contributed by atoms with E-state index in [1.807, 2.05) is 17.0 Å². The highest BCUT2D eigenvalue weighted by atomic mass is 79.9. The lowest BCUT2D eigenvalue weighted by molar-refractivity contribution is -0.132. The Hall–Kier alpha value is -0.870. The monoisotopic (exact) mass is 324 g/mol. The van der Waals surface area contributed by atoms with Crippen LogP contribution in [0.5, 0.6) is 0 Å². The summed E-state index contributed by atoms with van der Waals surface area (Å²) in [5.74, 6) is 0.264. The van der Waals surface area contributed by atoms with Gasteiger partial charge in [-0.05, 0) is 38.0 Å². The molecule has 1 saturated heterocycles. The van der Waals surface area contributed by atoms with Crippen LogP contribution in [0.3, 0.4) is 0 Å². The van der Waals surface area contributed by atoms with E-state index in [0.717, 1.165) is 24.0 Å². The summed E-state index contributed by atoms with van der Waals surface area (Å²) in [6.07, 6.45) is 1.40. The van der Waals surface area contributed by atoms with Crippen molar-refractivity contribution >= 4 is 21.8 Å². The summed E-state index contributed by atoms with van der Waals surface area (Å²) in [6, 6.07) is 8.94. The highest BCUT2D eigenvalue weighted by Crippen LogP contribution is 2.14. The maximum Gasteiger partial charge on any atom is 0.223 e. The number of aryl methyl sites for hydroxylation is 1. The van der Waals surface area contributed by atoms with Crippen LogP contribution in [0, 0.1) is 0 Å². The lowest BCUT2D eigenvalue weighted by Crippen LogP contribution is -2.55. The van der Waals surface area contributed by atoms with E-state index in [2.05, 4.69) is 47.2 Å². The smallest absolute Gasteiger partial charge is 0.223 e. The van der Waals surface area contributed by atoms with Gasteiger partial charge in [0.2, 0.25) is 5.91 Å². The second-order valence-electron chi connectivity index (χ2n) is 5.40. The summed E-state index contributed by atoms with van der Waals surface area (Å²) in [5.41, 5.74) is 1.21. The molecule has 1 aromatic rings. The predicted octanol–water partition coefficient (Wildman–Crippen LogP) is 2.59. The number of halogens is 1. The molecule has 0 aliphatic carbocycles. The SMILES string of the molecule is C[C@@H]1CN(C(=O)CCc2cccc(Br)c2)C[C@@H](C)N1. The van der Waals surface area contributed by atoms with Crippen molar-refractivity contribution in [2.24, 2.45) is 0 Å². The fraction of sp³-hybridized carbons (Fsp3) is 0.533. The van der Waals surface area contributed by atoms with Gasteiger partial charge in [0.1, 0.15) is 0 Å². The average molecular weight is 325 g/mol. The zero-order valence-corrected chi connectivity index (χ0v) is 13.1. The topological polar surface area (TPSA) is 32.3 Å². The maximum absolute atomic E-state index is 12.2. The minimum absolute atomic E-state index is 0.264. The molecule has 1 aromatic carbocycles. The molecule has 1 N–H and O–H groups in total. The van der Waals surface area contributed by atoms with Gasteiger partial charge >= 0.3 is 0 Å². The number of nitrogens with one attached hydrogen (secondary N) is 1. The molecule has 0 radical (unpaired) electrons. The third kappa shape index (κ3) is 4.32. The van der Waals surface area contributed by atoms with E-state index in [9.17, 15) is 4.79 Å². The Balaban J connectivity index is 1.87. The van der Waals surface area contributed by atoms with Crippen LogP contribution < -0.4 is 5.32 Å². The van der Waals surface area contributed by atoms with Gasteiger partial charge in [0, 0.05) is 36.1 Å². The number of carbonyl (C=O) groups excluding carboxylic acids is 1. The summed E-state index contributed by atoms with van der Waals surface area (Å²) < 4.78 is 1.07. The fourth-order valence-electron chi connectivity index (χ4n) is 2.63. The lowest BCUT2D eigenvalue weighted by atomic mass is 10.1. The van der Waals surface area contributed by atoms with E-state index in [1.165, 1.54) is 5.56 Å². The lowest BCUT2D eigenvalue weighted by Gasteiger charge is -2.36. The third-order valence-corrected chi connectivity index (χ3v) is 3.92. The molecule has 1 aliphatic heterocycles. The first kappa shape index (κ1) is 14.5. The standard InChI is InChI=1S/C15H21BrN2O/c1-11-9-18(10-12(2)17-11)15(19)7-6-13-4-3-5-14(16)8-13/h3-5,8,11-12,17H,6-7,9-10H2,1-2H3/t11-,12-/m1/s1. The minimum atomic E-state index is 0.264. The Morgan fingerprint density at radius 3 is 2.68 bits per heavy atom. The molecule has 2 rings (SSSR count). The van der Waals surface area contributed by atoms with E-state index in [0.29, 0.717) is 18.5 Å². The Kier molecular flexibility index (Phi) is 4.99.